The van der Waals surface area contributed by atoms with E-state index in [1.165, 1.54) is 11.3 Å². The van der Waals surface area contributed by atoms with Gasteiger partial charge in [0.1, 0.15) is 5.75 Å². The molecule has 0 spiro atoms. The first-order chi connectivity index (χ1) is 11.8. The largest absolute Gasteiger partial charge is 0.497 e. The molecular weight excluding hydrogens is 320 g/mol. The fraction of sp³-hybridized carbons (Fsp3) is 0.0526. The van der Waals surface area contributed by atoms with Gasteiger partial charge in [-0.1, -0.05) is 30.3 Å². The summed E-state index contributed by atoms with van der Waals surface area (Å²) in [7, 11) is 1.63. The number of amides is 1. The third-order valence-corrected chi connectivity index (χ3v) is 4.14. The average Bonchev–Trinajstić information content (AvgIpc) is 3.15. The Labute approximate surface area is 144 Å². The first-order valence-electron chi connectivity index (χ1n) is 7.39. The third-order valence-electron chi connectivity index (χ3n) is 3.38. The van der Waals surface area contributed by atoms with Crippen LogP contribution in [0.5, 0.6) is 5.75 Å². The van der Waals surface area contributed by atoms with Crippen LogP contribution in [0.15, 0.2) is 72.3 Å². The zero-order valence-electron chi connectivity index (χ0n) is 13.1. The van der Waals surface area contributed by atoms with Crippen LogP contribution in [0.1, 0.15) is 5.56 Å². The number of hydrogen-bond donors (Lipinski definition) is 0. The van der Waals surface area contributed by atoms with Gasteiger partial charge in [-0.2, -0.15) is 0 Å². The zero-order valence-corrected chi connectivity index (χ0v) is 13.9. The summed E-state index contributed by atoms with van der Waals surface area (Å²) in [6.07, 6.45) is 5.03. The lowest BCUT2D eigenvalue weighted by Gasteiger charge is -2.18. The van der Waals surface area contributed by atoms with Crippen LogP contribution in [0, 0.1) is 0 Å². The molecule has 0 N–H and O–H groups in total. The van der Waals surface area contributed by atoms with Gasteiger partial charge in [0.2, 0.25) is 0 Å². The first-order valence-corrected chi connectivity index (χ1v) is 8.26. The number of methoxy groups -OCH3 is 1. The minimum Gasteiger partial charge on any atom is -0.497 e. The molecule has 0 aliphatic rings. The maximum Gasteiger partial charge on any atom is 0.257 e. The molecule has 0 fully saturated rings. The highest BCUT2D eigenvalue weighted by atomic mass is 32.1. The summed E-state index contributed by atoms with van der Waals surface area (Å²) in [4.78, 5) is 18.6. The second-order valence-corrected chi connectivity index (χ2v) is 5.80. The van der Waals surface area contributed by atoms with Crippen molar-refractivity contribution in [1.29, 1.82) is 0 Å². The molecule has 120 valence electrons. The number of rotatable bonds is 5. The number of benzene rings is 2. The maximum atomic E-state index is 12.7. The quantitative estimate of drug-likeness (QED) is 0.643. The standard InChI is InChI=1S/C19H16N2O2S/c1-23-17-10-7-15(8-11-17)9-12-18(22)21(19-20-13-14-24-19)16-5-3-2-4-6-16/h2-14H,1H3/b12-9+. The number of aromatic nitrogens is 1. The van der Waals surface area contributed by atoms with Crippen molar-refractivity contribution in [1.82, 2.24) is 4.98 Å². The molecule has 0 saturated heterocycles. The topological polar surface area (TPSA) is 42.4 Å². The van der Waals surface area contributed by atoms with Gasteiger partial charge in [-0.3, -0.25) is 9.69 Å². The number of ether oxygens (including phenoxy) is 1. The van der Waals surface area contributed by atoms with Gasteiger partial charge in [0.05, 0.1) is 12.8 Å². The fourth-order valence-corrected chi connectivity index (χ4v) is 2.86. The Morgan fingerprint density at radius 2 is 1.88 bits per heavy atom. The number of para-hydroxylation sites is 1. The van der Waals surface area contributed by atoms with Gasteiger partial charge >= 0.3 is 0 Å². The molecule has 1 aromatic heterocycles. The van der Waals surface area contributed by atoms with Crippen molar-refractivity contribution in [3.63, 3.8) is 0 Å². The maximum absolute atomic E-state index is 12.7. The summed E-state index contributed by atoms with van der Waals surface area (Å²) in [6.45, 7) is 0. The lowest BCUT2D eigenvalue weighted by molar-refractivity contribution is -0.113. The lowest BCUT2D eigenvalue weighted by atomic mass is 10.2. The molecule has 2 aromatic carbocycles. The Balaban J connectivity index is 1.85. The number of nitrogens with zero attached hydrogens (tertiary/aromatic N) is 2. The van der Waals surface area contributed by atoms with Crippen LogP contribution in [0.3, 0.4) is 0 Å². The summed E-state index contributed by atoms with van der Waals surface area (Å²) in [5.41, 5.74) is 1.72. The molecular formula is C19H16N2O2S. The Hall–Kier alpha value is -2.92. The van der Waals surface area contributed by atoms with E-state index in [1.807, 2.05) is 60.0 Å². The van der Waals surface area contributed by atoms with Crippen molar-refractivity contribution in [2.24, 2.45) is 0 Å². The minimum atomic E-state index is -0.146. The second-order valence-electron chi connectivity index (χ2n) is 4.93. The van der Waals surface area contributed by atoms with Crippen molar-refractivity contribution < 1.29 is 9.53 Å². The second kappa shape index (κ2) is 7.57. The van der Waals surface area contributed by atoms with Crippen molar-refractivity contribution in [3.05, 3.63) is 77.8 Å². The lowest BCUT2D eigenvalue weighted by Crippen LogP contribution is -2.23. The molecule has 24 heavy (non-hydrogen) atoms. The molecule has 4 nitrogen and oxygen atoms in total. The molecule has 1 heterocycles. The predicted octanol–water partition coefficient (Wildman–Crippen LogP) is 4.53. The molecule has 0 saturated carbocycles. The summed E-state index contributed by atoms with van der Waals surface area (Å²) in [6, 6.07) is 17.0. The van der Waals surface area contributed by atoms with Crippen molar-refractivity contribution in [2.75, 3.05) is 12.0 Å². The Morgan fingerprint density at radius 3 is 2.50 bits per heavy atom. The number of carbonyl (C=O) groups is 1. The minimum absolute atomic E-state index is 0.146. The molecule has 0 aliphatic heterocycles. The Morgan fingerprint density at radius 1 is 1.12 bits per heavy atom. The molecule has 5 heteroatoms. The van der Waals surface area contributed by atoms with Crippen LogP contribution in [0.25, 0.3) is 6.08 Å². The Bertz CT molecular complexity index is 812. The van der Waals surface area contributed by atoms with Gasteiger partial charge in [0.25, 0.3) is 5.91 Å². The van der Waals surface area contributed by atoms with Crippen molar-refractivity contribution in [3.8, 4) is 5.75 Å². The van der Waals surface area contributed by atoms with Gasteiger partial charge < -0.3 is 4.74 Å². The van der Waals surface area contributed by atoms with Gasteiger partial charge in [0.15, 0.2) is 5.13 Å². The predicted molar refractivity (Wildman–Crippen MR) is 97.7 cm³/mol. The molecule has 0 radical (unpaired) electrons. The normalized spacial score (nSPS) is 10.7. The monoisotopic (exact) mass is 336 g/mol. The summed E-state index contributed by atoms with van der Waals surface area (Å²) < 4.78 is 5.13. The third kappa shape index (κ3) is 3.70. The van der Waals surface area contributed by atoms with E-state index in [2.05, 4.69) is 4.98 Å². The van der Waals surface area contributed by atoms with Crippen LogP contribution in [-0.2, 0) is 4.79 Å². The molecule has 1 amide bonds. The Kier molecular flexibility index (Phi) is 5.03. The smallest absolute Gasteiger partial charge is 0.257 e. The van der Waals surface area contributed by atoms with Crippen molar-refractivity contribution >= 4 is 34.1 Å². The number of anilines is 2. The molecule has 0 bridgehead atoms. The summed E-state index contributed by atoms with van der Waals surface area (Å²) in [5.74, 6) is 0.638. The molecule has 0 aliphatic carbocycles. The number of thiazole rings is 1. The highest BCUT2D eigenvalue weighted by Gasteiger charge is 2.17. The SMILES string of the molecule is COc1ccc(/C=C/C(=O)N(c2ccccc2)c2nccs2)cc1. The summed E-state index contributed by atoms with van der Waals surface area (Å²) >= 11 is 1.42. The van der Waals surface area contributed by atoms with Crippen LogP contribution < -0.4 is 9.64 Å². The van der Waals surface area contributed by atoms with E-state index in [4.69, 9.17) is 4.74 Å². The van der Waals surface area contributed by atoms with Crippen LogP contribution in [-0.4, -0.2) is 18.0 Å². The number of carbonyl (C=O) groups excluding carboxylic acids is 1. The number of hydrogen-bond acceptors (Lipinski definition) is 4. The molecule has 0 unspecified atom stereocenters. The van der Waals surface area contributed by atoms with E-state index < -0.39 is 0 Å². The molecule has 3 rings (SSSR count). The fourth-order valence-electron chi connectivity index (χ4n) is 2.19. The van der Waals surface area contributed by atoms with Gasteiger partial charge in [-0.15, -0.1) is 11.3 Å². The average molecular weight is 336 g/mol. The van der Waals surface area contributed by atoms with E-state index in [1.54, 1.807) is 30.4 Å². The van der Waals surface area contributed by atoms with E-state index >= 15 is 0 Å². The van der Waals surface area contributed by atoms with Crippen LogP contribution in [0.2, 0.25) is 0 Å². The van der Waals surface area contributed by atoms with E-state index in [-0.39, 0.29) is 5.91 Å². The zero-order chi connectivity index (χ0) is 16.8. The molecule has 0 atom stereocenters. The van der Waals surface area contributed by atoms with Crippen LogP contribution in [0.4, 0.5) is 10.8 Å². The molecule has 3 aromatic rings. The van der Waals surface area contributed by atoms with Gasteiger partial charge in [0, 0.05) is 17.7 Å². The van der Waals surface area contributed by atoms with E-state index in [0.717, 1.165) is 17.0 Å². The highest BCUT2D eigenvalue weighted by Crippen LogP contribution is 2.27. The van der Waals surface area contributed by atoms with Gasteiger partial charge in [-0.05, 0) is 35.9 Å². The summed E-state index contributed by atoms with van der Waals surface area (Å²) in [5, 5.41) is 2.50. The highest BCUT2D eigenvalue weighted by molar-refractivity contribution is 7.13. The van der Waals surface area contributed by atoms with E-state index in [0.29, 0.717) is 5.13 Å². The van der Waals surface area contributed by atoms with Gasteiger partial charge in [-0.25, -0.2) is 4.98 Å². The van der Waals surface area contributed by atoms with Crippen molar-refractivity contribution in [2.45, 2.75) is 0 Å². The van der Waals surface area contributed by atoms with E-state index in [9.17, 15) is 4.79 Å². The van der Waals surface area contributed by atoms with Crippen LogP contribution >= 0.6 is 11.3 Å². The first kappa shape index (κ1) is 16.0.